The lowest BCUT2D eigenvalue weighted by Crippen LogP contribution is -2.34. The molecule has 0 aromatic heterocycles. The Morgan fingerprint density at radius 2 is 1.60 bits per heavy atom. The van der Waals surface area contributed by atoms with Gasteiger partial charge in [-0.15, -0.1) is 11.8 Å². The molecule has 13 heteroatoms. The van der Waals surface area contributed by atoms with Gasteiger partial charge < -0.3 is 25.2 Å². The second-order valence-corrected chi connectivity index (χ2v) is 13.4. The van der Waals surface area contributed by atoms with Gasteiger partial charge in [0.25, 0.3) is 0 Å². The van der Waals surface area contributed by atoms with Crippen molar-refractivity contribution >= 4 is 45.4 Å². The summed E-state index contributed by atoms with van der Waals surface area (Å²) >= 11 is 2.88. The third kappa shape index (κ3) is 24.1. The molecule has 0 spiro atoms. The number of nitrogens with one attached hydrogen (secondary N) is 2. The predicted octanol–water partition coefficient (Wildman–Crippen LogP) is 10.4. The number of hydrogen-bond acceptors (Lipinski definition) is 8. The monoisotopic (exact) mass is 771 g/mol. The maximum Gasteiger partial charge on any atom is 0.490 e. The lowest BCUT2D eigenvalue weighted by Gasteiger charge is -2.29. The number of halogens is 3. The maximum atomic E-state index is 11.1. The molecule has 1 aromatic rings. The minimum Gasteiger partial charge on any atom is -0.480 e. The summed E-state index contributed by atoms with van der Waals surface area (Å²) in [6.07, 6.45) is 9.83. The molecule has 1 fully saturated rings. The van der Waals surface area contributed by atoms with Crippen LogP contribution in [0.25, 0.3) is 4.91 Å². The van der Waals surface area contributed by atoms with Gasteiger partial charge in [-0.25, -0.2) is 4.79 Å². The van der Waals surface area contributed by atoms with Crippen molar-refractivity contribution in [2.45, 2.75) is 99.0 Å². The highest BCUT2D eigenvalue weighted by molar-refractivity contribution is 8.22. The maximum absolute atomic E-state index is 11.1. The number of ether oxygens (including phenoxy) is 1. The largest absolute Gasteiger partial charge is 0.490 e. The number of allylic oxidation sites excluding steroid dienone is 6. The van der Waals surface area contributed by atoms with Gasteiger partial charge in [0.05, 0.1) is 18.3 Å². The Morgan fingerprint density at radius 1 is 1.02 bits per heavy atom. The van der Waals surface area contributed by atoms with E-state index in [9.17, 15) is 18.0 Å². The molecule has 2 rings (SSSR count). The molecule has 1 aliphatic heterocycles. The third-order valence-electron chi connectivity index (χ3n) is 7.06. The molecule has 0 aliphatic carbocycles. The zero-order valence-electron chi connectivity index (χ0n) is 32.2. The fourth-order valence-corrected chi connectivity index (χ4v) is 5.99. The number of carbonyl (C=O) groups is 2. The fraction of sp³-hybridized carbons (Fsp3) is 0.513. The smallest absolute Gasteiger partial charge is 0.480 e. The summed E-state index contributed by atoms with van der Waals surface area (Å²) in [4.78, 5) is 24.5. The standard InChI is InChI=1S/C27H38N2O2S2.C8H15NO.C2HF3O2.C2H6/c1-6-13-20(4)29-19-18-25(23-14-10-9-11-15-23)33-26(28)22(7-2)16-12-17-24(8-3)32-21(5)27(30)31;1-3-8(2)9-4-6-10-7-5-9;3-2(4,5)1(6)7;1-2/h6,9-11,13-18,20-21,28-29H,7-8,12,19H2,1-5H3,(H,30,31);3H,4-7H2,1-2H3;(H,6,7);1-2H3/b13-6-,22-16+,24-17+,25-18+,28-26?;8-3+;;. The van der Waals surface area contributed by atoms with Crippen molar-refractivity contribution in [3.05, 3.63) is 88.5 Å². The van der Waals surface area contributed by atoms with Gasteiger partial charge in [0.2, 0.25) is 0 Å². The molecule has 2 atom stereocenters. The van der Waals surface area contributed by atoms with E-state index in [1.807, 2.05) is 52.0 Å². The Kier molecular flexibility index (Phi) is 29.6. The molecule has 2 unspecified atom stereocenters. The molecule has 1 saturated heterocycles. The summed E-state index contributed by atoms with van der Waals surface area (Å²) in [6, 6.07) is 10.5. The topological polar surface area (TPSA) is 123 Å². The SMILES string of the molecule is C/C=C(\C)N1CCOCC1.C/C=C\C(C)NC/C=C(/SC(=N)/C(=C/C/C=C(\CC)SC(C)C(=O)O)CC)c1ccccc1.CC.O=C(O)C(F)(F)F. The van der Waals surface area contributed by atoms with Gasteiger partial charge in [-0.1, -0.05) is 106 Å². The third-order valence-corrected chi connectivity index (χ3v) is 9.46. The van der Waals surface area contributed by atoms with Crippen LogP contribution in [-0.4, -0.2) is 82.4 Å². The van der Waals surface area contributed by atoms with E-state index in [-0.39, 0.29) is 0 Å². The molecule has 52 heavy (non-hydrogen) atoms. The first-order valence-corrected chi connectivity index (χ1v) is 19.2. The summed E-state index contributed by atoms with van der Waals surface area (Å²) in [5, 5.41) is 28.6. The van der Waals surface area contributed by atoms with E-state index in [1.54, 1.807) is 6.92 Å². The van der Waals surface area contributed by atoms with Crippen LogP contribution in [0.4, 0.5) is 13.2 Å². The molecule has 294 valence electrons. The first-order chi connectivity index (χ1) is 24.6. The number of morpholine rings is 1. The summed E-state index contributed by atoms with van der Waals surface area (Å²) in [5.74, 6) is -3.55. The van der Waals surface area contributed by atoms with E-state index in [1.165, 1.54) is 29.2 Å². The van der Waals surface area contributed by atoms with Gasteiger partial charge in [-0.3, -0.25) is 10.2 Å². The Morgan fingerprint density at radius 3 is 2.06 bits per heavy atom. The molecular formula is C39H60F3N3O5S2. The zero-order chi connectivity index (χ0) is 40.1. The number of aliphatic carboxylic acids is 2. The fourth-order valence-electron chi connectivity index (χ4n) is 4.07. The average Bonchev–Trinajstić information content (AvgIpc) is 3.13. The number of rotatable bonds is 15. The van der Waals surface area contributed by atoms with E-state index in [4.69, 9.17) is 25.2 Å². The minimum atomic E-state index is -5.08. The van der Waals surface area contributed by atoms with Gasteiger partial charge in [-0.2, -0.15) is 13.2 Å². The lowest BCUT2D eigenvalue weighted by molar-refractivity contribution is -0.192. The van der Waals surface area contributed by atoms with E-state index >= 15 is 0 Å². The van der Waals surface area contributed by atoms with Crippen molar-refractivity contribution in [2.24, 2.45) is 0 Å². The number of nitrogens with zero attached hydrogens (tertiary/aromatic N) is 1. The first kappa shape index (κ1) is 50.8. The number of benzene rings is 1. The highest BCUT2D eigenvalue weighted by Crippen LogP contribution is 2.31. The number of carboxylic acid groups (broad SMARTS) is 2. The quantitative estimate of drug-likeness (QED) is 0.0784. The second kappa shape index (κ2) is 30.2. The van der Waals surface area contributed by atoms with E-state index in [2.05, 4.69) is 80.4 Å². The molecule has 1 heterocycles. The van der Waals surface area contributed by atoms with Crippen LogP contribution in [0.3, 0.4) is 0 Å². The van der Waals surface area contributed by atoms with Crippen LogP contribution in [0, 0.1) is 5.41 Å². The molecule has 0 radical (unpaired) electrons. The van der Waals surface area contributed by atoms with Crippen LogP contribution in [0.2, 0.25) is 0 Å². The number of thioether (sulfide) groups is 2. The van der Waals surface area contributed by atoms with E-state index in [0.717, 1.165) is 66.6 Å². The predicted molar refractivity (Wildman–Crippen MR) is 215 cm³/mol. The highest BCUT2D eigenvalue weighted by atomic mass is 32.2. The number of carboxylic acids is 2. The lowest BCUT2D eigenvalue weighted by atomic mass is 10.2. The van der Waals surface area contributed by atoms with Crippen LogP contribution in [-0.2, 0) is 14.3 Å². The zero-order valence-corrected chi connectivity index (χ0v) is 33.8. The molecule has 0 amide bonds. The summed E-state index contributed by atoms with van der Waals surface area (Å²) in [5.41, 5.74) is 3.47. The molecule has 4 N–H and O–H groups in total. The second-order valence-electron chi connectivity index (χ2n) is 10.9. The molecule has 1 aliphatic rings. The molecular weight excluding hydrogens is 712 g/mol. The molecule has 8 nitrogen and oxygen atoms in total. The Balaban J connectivity index is 0. The van der Waals surface area contributed by atoms with Gasteiger partial charge in [0.1, 0.15) is 5.25 Å². The van der Waals surface area contributed by atoms with Gasteiger partial charge in [-0.05, 0) is 69.9 Å². The Labute approximate surface area is 318 Å². The highest BCUT2D eigenvalue weighted by Gasteiger charge is 2.38. The summed E-state index contributed by atoms with van der Waals surface area (Å²) < 4.78 is 37.0. The minimum absolute atomic E-state index is 0.292. The first-order valence-electron chi connectivity index (χ1n) is 17.5. The summed E-state index contributed by atoms with van der Waals surface area (Å²) in [6.45, 7) is 22.8. The van der Waals surface area contributed by atoms with Crippen molar-refractivity contribution in [3.63, 3.8) is 0 Å². The van der Waals surface area contributed by atoms with E-state index in [0.29, 0.717) is 17.5 Å². The van der Waals surface area contributed by atoms with E-state index < -0.39 is 23.4 Å². The Bertz CT molecular complexity index is 1320. The molecule has 0 bridgehead atoms. The average molecular weight is 772 g/mol. The van der Waals surface area contributed by atoms with Gasteiger partial charge >= 0.3 is 18.1 Å². The van der Waals surface area contributed by atoms with Gasteiger partial charge in [0, 0.05) is 36.3 Å². The van der Waals surface area contributed by atoms with Crippen molar-refractivity contribution in [1.82, 2.24) is 10.2 Å². The normalized spacial score (nSPS) is 15.3. The van der Waals surface area contributed by atoms with Gasteiger partial charge in [0.15, 0.2) is 0 Å². The number of hydrogen-bond donors (Lipinski definition) is 4. The van der Waals surface area contributed by atoms with Crippen LogP contribution < -0.4 is 5.32 Å². The molecule has 1 aromatic carbocycles. The van der Waals surface area contributed by atoms with Crippen molar-refractivity contribution in [2.75, 3.05) is 32.8 Å². The molecule has 0 saturated carbocycles. The van der Waals surface area contributed by atoms with Crippen LogP contribution in [0.1, 0.15) is 87.1 Å². The van der Waals surface area contributed by atoms with Crippen LogP contribution in [0.15, 0.2) is 83.0 Å². The van der Waals surface area contributed by atoms with Crippen LogP contribution in [0.5, 0.6) is 0 Å². The van der Waals surface area contributed by atoms with Crippen molar-refractivity contribution in [3.8, 4) is 0 Å². The Hall–Kier alpha value is -3.26. The summed E-state index contributed by atoms with van der Waals surface area (Å²) in [7, 11) is 0. The van der Waals surface area contributed by atoms with Crippen LogP contribution >= 0.6 is 23.5 Å². The van der Waals surface area contributed by atoms with Crippen molar-refractivity contribution in [1.29, 1.82) is 5.41 Å². The number of alkyl halides is 3. The van der Waals surface area contributed by atoms with Crippen molar-refractivity contribution < 1.29 is 37.7 Å².